The summed E-state index contributed by atoms with van der Waals surface area (Å²) in [5, 5.41) is 3.90. The maximum atomic E-state index is 12.1. The van der Waals surface area contributed by atoms with Crippen LogP contribution in [0.1, 0.15) is 35.6 Å². The van der Waals surface area contributed by atoms with Gasteiger partial charge in [-0.1, -0.05) is 11.6 Å². The van der Waals surface area contributed by atoms with Gasteiger partial charge in [-0.25, -0.2) is 4.79 Å². The van der Waals surface area contributed by atoms with Crippen LogP contribution in [0.3, 0.4) is 0 Å². The Hall–Kier alpha value is -2.34. The molecule has 30 heavy (non-hydrogen) atoms. The first kappa shape index (κ1) is 20.9. The van der Waals surface area contributed by atoms with E-state index in [9.17, 15) is 4.79 Å². The van der Waals surface area contributed by atoms with Crippen LogP contribution in [0.25, 0.3) is 11.0 Å². The Morgan fingerprint density at radius 1 is 1.17 bits per heavy atom. The normalized spacial score (nSPS) is 15.6. The number of likely N-dealkylation sites (tertiary alicyclic amines) is 1. The van der Waals surface area contributed by atoms with Crippen LogP contribution >= 0.6 is 11.6 Å². The van der Waals surface area contributed by atoms with Gasteiger partial charge in [0.05, 0.1) is 20.2 Å². The standard InChI is InChI=1S/C24H27ClN2O3/c1-16-11-23-20(13-21(16)25)18(12-24(28)30-23)14-26-15-22(27-9-3-4-10-27)17-5-7-19(29-2)8-6-17/h5-8,11-13,22,26H,3-4,9-10,14-15H2,1-2H3/p+2/t22-/m0/s1. The van der Waals surface area contributed by atoms with Crippen molar-refractivity contribution in [3.05, 3.63) is 74.6 Å². The number of hydrogen-bond donors (Lipinski definition) is 2. The van der Waals surface area contributed by atoms with E-state index < -0.39 is 0 Å². The van der Waals surface area contributed by atoms with Crippen LogP contribution in [0.5, 0.6) is 5.75 Å². The minimum atomic E-state index is -0.315. The molecule has 2 heterocycles. The van der Waals surface area contributed by atoms with Gasteiger partial charge in [-0.05, 0) is 48.9 Å². The number of aryl methyl sites for hydroxylation is 1. The van der Waals surface area contributed by atoms with Crippen molar-refractivity contribution in [2.45, 2.75) is 32.4 Å². The highest BCUT2D eigenvalue weighted by atomic mass is 35.5. The zero-order valence-corrected chi connectivity index (χ0v) is 18.3. The Morgan fingerprint density at radius 3 is 2.60 bits per heavy atom. The van der Waals surface area contributed by atoms with E-state index in [2.05, 4.69) is 17.4 Å². The molecule has 0 saturated carbocycles. The van der Waals surface area contributed by atoms with Gasteiger partial charge < -0.3 is 19.4 Å². The molecule has 0 amide bonds. The Bertz CT molecular complexity index is 1070. The van der Waals surface area contributed by atoms with Gasteiger partial charge in [0.15, 0.2) is 6.04 Å². The molecule has 1 saturated heterocycles. The number of halogens is 1. The lowest BCUT2D eigenvalue weighted by atomic mass is 10.0. The van der Waals surface area contributed by atoms with Crippen molar-refractivity contribution in [3.63, 3.8) is 0 Å². The zero-order valence-electron chi connectivity index (χ0n) is 17.5. The fourth-order valence-corrected chi connectivity index (χ4v) is 4.64. The summed E-state index contributed by atoms with van der Waals surface area (Å²) >= 11 is 6.33. The fraction of sp³-hybridized carbons (Fsp3) is 0.375. The van der Waals surface area contributed by atoms with Crippen LogP contribution < -0.4 is 20.6 Å². The second-order valence-corrected chi connectivity index (χ2v) is 8.52. The van der Waals surface area contributed by atoms with Gasteiger partial charge in [-0.15, -0.1) is 0 Å². The minimum absolute atomic E-state index is 0.315. The molecule has 1 aromatic heterocycles. The number of hydrogen-bond acceptors (Lipinski definition) is 3. The van der Waals surface area contributed by atoms with Gasteiger partial charge in [-0.3, -0.25) is 0 Å². The van der Waals surface area contributed by atoms with Crippen molar-refractivity contribution < 1.29 is 19.4 Å². The summed E-state index contributed by atoms with van der Waals surface area (Å²) in [6, 6.07) is 14.2. The highest BCUT2D eigenvalue weighted by Gasteiger charge is 2.29. The maximum absolute atomic E-state index is 12.1. The van der Waals surface area contributed by atoms with Crippen molar-refractivity contribution >= 4 is 22.6 Å². The molecule has 4 rings (SSSR count). The summed E-state index contributed by atoms with van der Waals surface area (Å²) in [5.41, 5.74) is 3.49. The van der Waals surface area contributed by atoms with E-state index in [0.29, 0.717) is 23.2 Å². The van der Waals surface area contributed by atoms with Gasteiger partial charge in [-0.2, -0.15) is 0 Å². The van der Waals surface area contributed by atoms with Crippen LogP contribution in [0.2, 0.25) is 5.02 Å². The second-order valence-electron chi connectivity index (χ2n) is 8.11. The molecule has 2 aromatic carbocycles. The Kier molecular flexibility index (Phi) is 6.42. The van der Waals surface area contributed by atoms with Crippen LogP contribution in [0.15, 0.2) is 51.7 Å². The molecule has 1 aliphatic rings. The molecule has 1 atom stereocenters. The summed E-state index contributed by atoms with van der Waals surface area (Å²) in [7, 11) is 1.69. The number of ether oxygens (including phenoxy) is 1. The largest absolute Gasteiger partial charge is 0.497 e. The van der Waals surface area contributed by atoms with Crippen LogP contribution in [0.4, 0.5) is 0 Å². The summed E-state index contributed by atoms with van der Waals surface area (Å²) in [6.45, 7) is 5.98. The van der Waals surface area contributed by atoms with Crippen molar-refractivity contribution in [2.75, 3.05) is 26.7 Å². The van der Waals surface area contributed by atoms with Crippen molar-refractivity contribution in [1.29, 1.82) is 0 Å². The van der Waals surface area contributed by atoms with Gasteiger partial charge in [0.2, 0.25) is 0 Å². The zero-order chi connectivity index (χ0) is 21.1. The van der Waals surface area contributed by atoms with Crippen molar-refractivity contribution in [3.8, 4) is 5.75 Å². The summed E-state index contributed by atoms with van der Waals surface area (Å²) < 4.78 is 10.7. The lowest BCUT2D eigenvalue weighted by Gasteiger charge is -2.24. The maximum Gasteiger partial charge on any atom is 0.336 e. The van der Waals surface area contributed by atoms with E-state index in [1.54, 1.807) is 18.1 Å². The average molecular weight is 429 g/mol. The molecule has 1 fully saturated rings. The minimum Gasteiger partial charge on any atom is -0.497 e. The number of fused-ring (bicyclic) bond motifs is 1. The molecular weight excluding hydrogens is 400 g/mol. The van der Waals surface area contributed by atoms with Crippen LogP contribution in [-0.2, 0) is 6.54 Å². The molecule has 6 heteroatoms. The third kappa shape index (κ3) is 4.53. The Labute approximate surface area is 181 Å². The van der Waals surface area contributed by atoms with E-state index in [0.717, 1.165) is 28.8 Å². The van der Waals surface area contributed by atoms with Crippen LogP contribution in [-0.4, -0.2) is 26.7 Å². The summed E-state index contributed by atoms with van der Waals surface area (Å²) in [5.74, 6) is 0.882. The molecule has 0 spiro atoms. The first-order valence-corrected chi connectivity index (χ1v) is 11.0. The molecule has 0 aliphatic carbocycles. The molecule has 3 N–H and O–H groups in total. The topological polar surface area (TPSA) is 60.5 Å². The number of quaternary nitrogens is 2. The second kappa shape index (κ2) is 9.21. The predicted octanol–water partition coefficient (Wildman–Crippen LogP) is 2.25. The molecule has 0 bridgehead atoms. The van der Waals surface area contributed by atoms with E-state index >= 15 is 0 Å². The van der Waals surface area contributed by atoms with E-state index in [1.165, 1.54) is 31.5 Å². The third-order valence-corrected chi connectivity index (χ3v) is 6.54. The first-order valence-electron chi connectivity index (χ1n) is 10.6. The molecule has 0 radical (unpaired) electrons. The molecule has 1 aliphatic heterocycles. The Balaban J connectivity index is 1.54. The van der Waals surface area contributed by atoms with Crippen molar-refractivity contribution in [1.82, 2.24) is 0 Å². The fourth-order valence-electron chi connectivity index (χ4n) is 4.47. The number of benzene rings is 2. The van der Waals surface area contributed by atoms with Gasteiger partial charge in [0.1, 0.15) is 24.4 Å². The van der Waals surface area contributed by atoms with E-state index in [-0.39, 0.29) is 5.63 Å². The quantitative estimate of drug-likeness (QED) is 0.567. The Morgan fingerprint density at radius 2 is 1.90 bits per heavy atom. The predicted molar refractivity (Wildman–Crippen MR) is 118 cm³/mol. The van der Waals surface area contributed by atoms with Gasteiger partial charge >= 0.3 is 5.63 Å². The number of methoxy groups -OCH3 is 1. The molecule has 5 nitrogen and oxygen atoms in total. The third-order valence-electron chi connectivity index (χ3n) is 6.13. The highest BCUT2D eigenvalue weighted by Crippen LogP contribution is 2.24. The molecule has 0 unspecified atom stereocenters. The monoisotopic (exact) mass is 428 g/mol. The SMILES string of the molecule is COc1ccc([C@H](C[NH2+]Cc2cc(=O)oc3cc(C)c(Cl)cc23)[NH+]2CCCC2)cc1. The molecule has 158 valence electrons. The molecule has 3 aromatic rings. The van der Waals surface area contributed by atoms with E-state index in [4.69, 9.17) is 20.8 Å². The number of nitrogens with one attached hydrogen (secondary N) is 1. The van der Waals surface area contributed by atoms with Crippen molar-refractivity contribution in [2.24, 2.45) is 0 Å². The highest BCUT2D eigenvalue weighted by molar-refractivity contribution is 6.32. The summed E-state index contributed by atoms with van der Waals surface area (Å²) in [4.78, 5) is 13.7. The van der Waals surface area contributed by atoms with Gasteiger partial charge in [0, 0.05) is 40.4 Å². The molecular formula is C24H29ClN2O3+2. The number of rotatable bonds is 7. The first-order chi connectivity index (χ1) is 14.5. The lowest BCUT2D eigenvalue weighted by Crippen LogP contribution is -3.13. The number of nitrogens with two attached hydrogens (primary N) is 1. The smallest absolute Gasteiger partial charge is 0.336 e. The van der Waals surface area contributed by atoms with Crippen LogP contribution in [0, 0.1) is 6.92 Å². The summed E-state index contributed by atoms with van der Waals surface area (Å²) in [6.07, 6.45) is 2.56. The lowest BCUT2D eigenvalue weighted by molar-refractivity contribution is -0.935. The van der Waals surface area contributed by atoms with E-state index in [1.807, 2.05) is 31.2 Å². The average Bonchev–Trinajstić information content (AvgIpc) is 3.27. The van der Waals surface area contributed by atoms with Gasteiger partial charge in [0.25, 0.3) is 0 Å².